The van der Waals surface area contributed by atoms with Crippen LogP contribution in [0.4, 0.5) is 0 Å². The first-order valence-electron chi connectivity index (χ1n) is 10.9. The van der Waals surface area contributed by atoms with Gasteiger partial charge in [-0.2, -0.15) is 5.10 Å². The van der Waals surface area contributed by atoms with Crippen molar-refractivity contribution in [3.8, 4) is 0 Å². The molecule has 1 aromatic carbocycles. The Labute approximate surface area is 170 Å². The first kappa shape index (κ1) is 19.7. The summed E-state index contributed by atoms with van der Waals surface area (Å²) < 4.78 is 3.28. The van der Waals surface area contributed by atoms with Crippen molar-refractivity contribution < 1.29 is 4.79 Å². The van der Waals surface area contributed by atoms with Crippen LogP contribution in [0.1, 0.15) is 64.3 Å². The molecule has 6 heteroatoms. The lowest BCUT2D eigenvalue weighted by Gasteiger charge is -2.25. The second-order valence-corrected chi connectivity index (χ2v) is 8.20. The predicted molar refractivity (Wildman–Crippen MR) is 116 cm³/mol. The van der Waals surface area contributed by atoms with E-state index in [2.05, 4.69) is 10.4 Å². The number of benzene rings is 1. The number of amides is 1. The van der Waals surface area contributed by atoms with Crippen LogP contribution in [0.25, 0.3) is 21.8 Å². The summed E-state index contributed by atoms with van der Waals surface area (Å²) in [4.78, 5) is 26.3. The number of fused-ring (bicyclic) bond motifs is 3. The third kappa shape index (κ3) is 3.68. The third-order valence-corrected chi connectivity index (χ3v) is 6.26. The molecule has 0 radical (unpaired) electrons. The molecule has 0 saturated heterocycles. The summed E-state index contributed by atoms with van der Waals surface area (Å²) in [6.45, 7) is 2.01. The summed E-state index contributed by atoms with van der Waals surface area (Å²) in [7, 11) is 1.65. The lowest BCUT2D eigenvalue weighted by molar-refractivity contribution is -0.125. The fraction of sp³-hybridized carbons (Fsp3) is 0.522. The summed E-state index contributed by atoms with van der Waals surface area (Å²) in [6, 6.07) is 7.70. The highest BCUT2D eigenvalue weighted by Gasteiger charge is 2.27. The van der Waals surface area contributed by atoms with E-state index in [0.29, 0.717) is 11.9 Å². The molecule has 1 atom stereocenters. The highest BCUT2D eigenvalue weighted by Crippen LogP contribution is 2.31. The van der Waals surface area contributed by atoms with Gasteiger partial charge < -0.3 is 9.88 Å². The van der Waals surface area contributed by atoms with E-state index in [0.717, 1.165) is 29.1 Å². The van der Waals surface area contributed by atoms with Crippen molar-refractivity contribution in [3.63, 3.8) is 0 Å². The van der Waals surface area contributed by atoms with Crippen LogP contribution in [0.3, 0.4) is 0 Å². The van der Waals surface area contributed by atoms with Gasteiger partial charge in [0, 0.05) is 23.9 Å². The predicted octanol–water partition coefficient (Wildman–Crippen LogP) is 4.07. The van der Waals surface area contributed by atoms with Gasteiger partial charge in [0.05, 0.1) is 11.7 Å². The van der Waals surface area contributed by atoms with Gasteiger partial charge in [0.25, 0.3) is 5.56 Å². The number of carbonyl (C=O) groups is 1. The summed E-state index contributed by atoms with van der Waals surface area (Å²) in [5.74, 6) is 0.0135. The van der Waals surface area contributed by atoms with E-state index in [4.69, 9.17) is 0 Å². The van der Waals surface area contributed by atoms with Crippen molar-refractivity contribution in [2.45, 2.75) is 70.4 Å². The first-order valence-corrected chi connectivity index (χ1v) is 10.9. The van der Waals surface area contributed by atoms with Gasteiger partial charge in [-0.25, -0.2) is 4.68 Å². The van der Waals surface area contributed by atoms with E-state index < -0.39 is 6.04 Å². The molecule has 1 N–H and O–H groups in total. The van der Waals surface area contributed by atoms with Crippen molar-refractivity contribution in [2.24, 2.45) is 7.05 Å². The van der Waals surface area contributed by atoms with Gasteiger partial charge in [-0.15, -0.1) is 0 Å². The number of rotatable bonds is 4. The number of aromatic nitrogens is 3. The zero-order valence-electron chi connectivity index (χ0n) is 17.4. The molecule has 1 saturated carbocycles. The standard InChI is InChI=1S/C23H30N4O2/c1-3-19(22(28)25-16-11-7-5-4-6-8-12-16)27-20-14-10-9-13-17(20)18-15-24-26(2)23(29)21(18)27/h9-10,13-16,19H,3-8,11-12H2,1-2H3,(H,25,28)/t19-/m1/s1. The molecule has 1 amide bonds. The minimum Gasteiger partial charge on any atom is -0.352 e. The Morgan fingerprint density at radius 1 is 1.14 bits per heavy atom. The Morgan fingerprint density at radius 2 is 1.83 bits per heavy atom. The van der Waals surface area contributed by atoms with Gasteiger partial charge in [-0.3, -0.25) is 9.59 Å². The Bertz CT molecular complexity index is 1070. The molecule has 0 unspecified atom stereocenters. The highest BCUT2D eigenvalue weighted by atomic mass is 16.2. The van der Waals surface area contributed by atoms with Crippen molar-refractivity contribution in [3.05, 3.63) is 40.8 Å². The quantitative estimate of drug-likeness (QED) is 0.725. The average molecular weight is 395 g/mol. The van der Waals surface area contributed by atoms with Gasteiger partial charge >= 0.3 is 0 Å². The van der Waals surface area contributed by atoms with Crippen molar-refractivity contribution in [2.75, 3.05) is 0 Å². The molecule has 0 spiro atoms. The van der Waals surface area contributed by atoms with Gasteiger partial charge in [0.2, 0.25) is 5.91 Å². The molecule has 0 bridgehead atoms. The molecule has 29 heavy (non-hydrogen) atoms. The van der Waals surface area contributed by atoms with Crippen molar-refractivity contribution in [1.82, 2.24) is 19.7 Å². The maximum Gasteiger partial charge on any atom is 0.291 e. The molecule has 3 aromatic rings. The van der Waals surface area contributed by atoms with Crippen LogP contribution in [0.2, 0.25) is 0 Å². The largest absolute Gasteiger partial charge is 0.352 e. The second kappa shape index (κ2) is 8.39. The molecule has 1 aliphatic rings. The van der Waals surface area contributed by atoms with Gasteiger partial charge in [-0.1, -0.05) is 57.2 Å². The SMILES string of the molecule is CC[C@H](C(=O)NC1CCCCCCC1)n1c2ccccc2c2cnn(C)c(=O)c21. The Morgan fingerprint density at radius 3 is 2.55 bits per heavy atom. The molecule has 4 rings (SSSR count). The summed E-state index contributed by atoms with van der Waals surface area (Å²) >= 11 is 0. The molecule has 154 valence electrons. The Hall–Kier alpha value is -2.63. The summed E-state index contributed by atoms with van der Waals surface area (Å²) in [6.07, 6.45) is 10.6. The van der Waals surface area contributed by atoms with Crippen LogP contribution in [-0.4, -0.2) is 26.3 Å². The minimum absolute atomic E-state index is 0.0135. The number of hydrogen-bond acceptors (Lipinski definition) is 3. The maximum absolute atomic E-state index is 13.4. The number of nitrogens with zero attached hydrogens (tertiary/aromatic N) is 3. The second-order valence-electron chi connectivity index (χ2n) is 8.20. The molecular weight excluding hydrogens is 364 g/mol. The van der Waals surface area contributed by atoms with E-state index >= 15 is 0 Å². The number of hydrogen-bond donors (Lipinski definition) is 1. The van der Waals surface area contributed by atoms with Crippen LogP contribution in [0.5, 0.6) is 0 Å². The van der Waals surface area contributed by atoms with Crippen molar-refractivity contribution >= 4 is 27.7 Å². The van der Waals surface area contributed by atoms with E-state index in [1.54, 1.807) is 13.2 Å². The Kier molecular flexibility index (Phi) is 5.69. The number of nitrogens with one attached hydrogen (secondary N) is 1. The molecular formula is C23H30N4O2. The van der Waals surface area contributed by atoms with Crippen LogP contribution >= 0.6 is 0 Å². The summed E-state index contributed by atoms with van der Waals surface area (Å²) in [5, 5.41) is 9.28. The normalized spacial score (nSPS) is 17.2. The fourth-order valence-corrected chi connectivity index (χ4v) is 4.70. The number of carbonyl (C=O) groups excluding carboxylic acids is 1. The van der Waals surface area contributed by atoms with Gasteiger partial charge in [-0.05, 0) is 25.3 Å². The Balaban J connectivity index is 1.77. The van der Waals surface area contributed by atoms with Crippen LogP contribution in [0.15, 0.2) is 35.3 Å². The van der Waals surface area contributed by atoms with Crippen LogP contribution in [0, 0.1) is 0 Å². The average Bonchev–Trinajstić information content (AvgIpc) is 3.03. The molecule has 2 heterocycles. The fourth-order valence-electron chi connectivity index (χ4n) is 4.70. The number of aryl methyl sites for hydroxylation is 1. The van der Waals surface area contributed by atoms with E-state index in [-0.39, 0.29) is 17.5 Å². The topological polar surface area (TPSA) is 68.9 Å². The van der Waals surface area contributed by atoms with E-state index in [9.17, 15) is 9.59 Å². The van der Waals surface area contributed by atoms with Gasteiger partial charge in [0.1, 0.15) is 11.6 Å². The van der Waals surface area contributed by atoms with Crippen molar-refractivity contribution in [1.29, 1.82) is 0 Å². The highest BCUT2D eigenvalue weighted by molar-refractivity contribution is 6.08. The zero-order chi connectivity index (χ0) is 20.4. The number of para-hydroxylation sites is 1. The molecule has 1 fully saturated rings. The minimum atomic E-state index is -0.419. The lowest BCUT2D eigenvalue weighted by atomic mass is 9.96. The lowest BCUT2D eigenvalue weighted by Crippen LogP contribution is -2.40. The van der Waals surface area contributed by atoms with E-state index in [1.807, 2.05) is 35.8 Å². The van der Waals surface area contributed by atoms with Crippen LogP contribution in [-0.2, 0) is 11.8 Å². The summed E-state index contributed by atoms with van der Waals surface area (Å²) in [5.41, 5.74) is 1.30. The van der Waals surface area contributed by atoms with Crippen LogP contribution < -0.4 is 10.9 Å². The molecule has 0 aliphatic heterocycles. The maximum atomic E-state index is 13.4. The van der Waals surface area contributed by atoms with Gasteiger partial charge in [0.15, 0.2) is 0 Å². The first-order chi connectivity index (χ1) is 14.1. The third-order valence-electron chi connectivity index (χ3n) is 6.26. The molecule has 6 nitrogen and oxygen atoms in total. The molecule has 1 aliphatic carbocycles. The molecule has 2 aromatic heterocycles. The smallest absolute Gasteiger partial charge is 0.291 e. The zero-order valence-corrected chi connectivity index (χ0v) is 17.4. The van der Waals surface area contributed by atoms with E-state index in [1.165, 1.54) is 36.8 Å². The monoisotopic (exact) mass is 394 g/mol.